The fourth-order valence-corrected chi connectivity index (χ4v) is 4.29. The summed E-state index contributed by atoms with van der Waals surface area (Å²) in [4.78, 5) is 34.5. The van der Waals surface area contributed by atoms with Crippen molar-refractivity contribution in [1.29, 1.82) is 0 Å². The van der Waals surface area contributed by atoms with Crippen LogP contribution in [-0.2, 0) is 25.7 Å². The number of aryl methyl sites for hydroxylation is 1. The van der Waals surface area contributed by atoms with Crippen LogP contribution in [0.2, 0.25) is 0 Å². The molecule has 0 radical (unpaired) electrons. The van der Waals surface area contributed by atoms with Crippen LogP contribution in [0.3, 0.4) is 0 Å². The van der Waals surface area contributed by atoms with Gasteiger partial charge in [-0.1, -0.05) is 0 Å². The lowest BCUT2D eigenvalue weighted by Crippen LogP contribution is -2.41. The summed E-state index contributed by atoms with van der Waals surface area (Å²) in [6.45, 7) is 7.40. The van der Waals surface area contributed by atoms with E-state index < -0.39 is 35.7 Å². The molecule has 16 heteroatoms. The number of alkyl halides is 6. The standard InChI is InChI=1S/C18H28N2O4.2C2HF3O2/c1-14-4-5-16(24-14)12-19-7-3-6-18(17(21)22)13-20(8-9-23-2)11-15(18)10-19;2*3-2(4,5)1(6)7/h4-5,15H,3,6-13H2,1-2H3,(H,21,22);2*(H,6,7)/t15-,18-;;/m0../s1. The maximum Gasteiger partial charge on any atom is 0.490 e. The maximum absolute atomic E-state index is 12.1. The number of hydrogen-bond acceptors (Lipinski definition) is 7. The molecule has 0 aliphatic carbocycles. The van der Waals surface area contributed by atoms with E-state index in [-0.39, 0.29) is 5.92 Å². The van der Waals surface area contributed by atoms with Gasteiger partial charge in [0, 0.05) is 39.2 Å². The van der Waals surface area contributed by atoms with E-state index in [9.17, 15) is 36.2 Å². The van der Waals surface area contributed by atoms with Crippen LogP contribution in [0.5, 0.6) is 0 Å². The summed E-state index contributed by atoms with van der Waals surface area (Å²) in [6, 6.07) is 4.00. The summed E-state index contributed by atoms with van der Waals surface area (Å²) in [6.07, 6.45) is -8.50. The third-order valence-electron chi connectivity index (χ3n) is 6.04. The highest BCUT2D eigenvalue weighted by atomic mass is 19.4. The van der Waals surface area contributed by atoms with Crippen LogP contribution in [0.1, 0.15) is 24.4 Å². The largest absolute Gasteiger partial charge is 0.490 e. The van der Waals surface area contributed by atoms with Gasteiger partial charge in [-0.2, -0.15) is 26.3 Å². The second-order valence-electron chi connectivity index (χ2n) is 8.84. The molecule has 1 aromatic rings. The SMILES string of the molecule is COCCN1C[C@@H]2CN(Cc3ccc(C)o3)CCC[C@]2(C(=O)O)C1.O=C(O)C(F)(F)F.O=C(O)C(F)(F)F. The fraction of sp³-hybridized carbons (Fsp3) is 0.682. The van der Waals surface area contributed by atoms with Crippen molar-refractivity contribution in [3.8, 4) is 0 Å². The molecule has 218 valence electrons. The Balaban J connectivity index is 0.000000426. The van der Waals surface area contributed by atoms with Crippen LogP contribution in [0.4, 0.5) is 26.3 Å². The predicted molar refractivity (Wildman–Crippen MR) is 117 cm³/mol. The Morgan fingerprint density at radius 2 is 1.55 bits per heavy atom. The molecule has 0 amide bonds. The van der Waals surface area contributed by atoms with Crippen LogP contribution in [0, 0.1) is 18.3 Å². The number of carboxylic acid groups (broad SMARTS) is 3. The van der Waals surface area contributed by atoms with Crippen molar-refractivity contribution in [3.05, 3.63) is 23.7 Å². The highest BCUT2D eigenvalue weighted by Gasteiger charge is 2.53. The first-order valence-corrected chi connectivity index (χ1v) is 11.2. The highest BCUT2D eigenvalue weighted by molar-refractivity contribution is 5.76. The van der Waals surface area contributed by atoms with E-state index in [0.717, 1.165) is 57.1 Å². The molecular weight excluding hydrogens is 534 g/mol. The average molecular weight is 564 g/mol. The summed E-state index contributed by atoms with van der Waals surface area (Å²) in [5.41, 5.74) is -0.610. The highest BCUT2D eigenvalue weighted by Crippen LogP contribution is 2.43. The van der Waals surface area contributed by atoms with Gasteiger partial charge in [-0.25, -0.2) is 9.59 Å². The number of carboxylic acids is 3. The Bertz CT molecular complexity index is 912. The Kier molecular flexibility index (Phi) is 12.0. The third kappa shape index (κ3) is 10.1. The quantitative estimate of drug-likeness (QED) is 0.442. The molecule has 0 aromatic carbocycles. The molecule has 38 heavy (non-hydrogen) atoms. The van der Waals surface area contributed by atoms with Gasteiger partial charge < -0.3 is 24.5 Å². The van der Waals surface area contributed by atoms with Gasteiger partial charge in [0.05, 0.1) is 18.6 Å². The van der Waals surface area contributed by atoms with Crippen molar-refractivity contribution in [3.63, 3.8) is 0 Å². The number of nitrogens with zero attached hydrogens (tertiary/aromatic N) is 2. The van der Waals surface area contributed by atoms with Crippen LogP contribution < -0.4 is 0 Å². The number of methoxy groups -OCH3 is 1. The molecule has 2 atom stereocenters. The zero-order valence-corrected chi connectivity index (χ0v) is 20.6. The Morgan fingerprint density at radius 3 is 1.97 bits per heavy atom. The molecule has 2 aliphatic heterocycles. The molecule has 0 bridgehead atoms. The average Bonchev–Trinajstić information content (AvgIpc) is 3.30. The summed E-state index contributed by atoms with van der Waals surface area (Å²) in [5.74, 6) is -4.11. The molecule has 1 aromatic heterocycles. The van der Waals surface area contributed by atoms with E-state index in [0.29, 0.717) is 13.2 Å². The maximum atomic E-state index is 12.1. The Morgan fingerprint density at radius 1 is 1.03 bits per heavy atom. The van der Waals surface area contributed by atoms with Gasteiger partial charge in [-0.15, -0.1) is 0 Å². The van der Waals surface area contributed by atoms with Crippen molar-refractivity contribution >= 4 is 17.9 Å². The number of furan rings is 1. The number of fused-ring (bicyclic) bond motifs is 1. The van der Waals surface area contributed by atoms with E-state index in [4.69, 9.17) is 29.0 Å². The van der Waals surface area contributed by atoms with Crippen molar-refractivity contribution in [2.45, 2.75) is 38.7 Å². The molecule has 3 N–H and O–H groups in total. The van der Waals surface area contributed by atoms with Crippen molar-refractivity contribution in [2.24, 2.45) is 11.3 Å². The van der Waals surface area contributed by atoms with Crippen LogP contribution in [0.15, 0.2) is 16.5 Å². The molecule has 0 spiro atoms. The van der Waals surface area contributed by atoms with E-state index in [1.54, 1.807) is 7.11 Å². The summed E-state index contributed by atoms with van der Waals surface area (Å²) >= 11 is 0. The van der Waals surface area contributed by atoms with Crippen molar-refractivity contribution in [1.82, 2.24) is 9.80 Å². The van der Waals surface area contributed by atoms with E-state index in [2.05, 4.69) is 9.80 Å². The van der Waals surface area contributed by atoms with Crippen LogP contribution in [-0.4, -0.2) is 102 Å². The van der Waals surface area contributed by atoms with Gasteiger partial charge >= 0.3 is 30.3 Å². The first-order valence-electron chi connectivity index (χ1n) is 11.2. The second kappa shape index (κ2) is 13.8. The number of hydrogen-bond donors (Lipinski definition) is 3. The summed E-state index contributed by atoms with van der Waals surface area (Å²) < 4.78 is 74.3. The lowest BCUT2D eigenvalue weighted by Gasteiger charge is -2.29. The van der Waals surface area contributed by atoms with E-state index >= 15 is 0 Å². The number of likely N-dealkylation sites (tertiary alicyclic amines) is 2. The van der Waals surface area contributed by atoms with Gasteiger partial charge in [0.25, 0.3) is 0 Å². The van der Waals surface area contributed by atoms with Gasteiger partial charge in [0.1, 0.15) is 11.5 Å². The molecule has 0 unspecified atom stereocenters. The number of halogens is 6. The van der Waals surface area contributed by atoms with Crippen LogP contribution in [0.25, 0.3) is 0 Å². The van der Waals surface area contributed by atoms with Gasteiger partial charge in [0.2, 0.25) is 0 Å². The number of aliphatic carboxylic acids is 3. The monoisotopic (exact) mass is 564 g/mol. The number of carbonyl (C=O) groups is 3. The molecule has 2 fully saturated rings. The normalized spacial score (nSPS) is 22.3. The predicted octanol–water partition coefficient (Wildman–Crippen LogP) is 3.10. The minimum absolute atomic E-state index is 0.158. The second-order valence-corrected chi connectivity index (χ2v) is 8.84. The van der Waals surface area contributed by atoms with E-state index in [1.807, 2.05) is 19.1 Å². The molecular formula is C22H30F6N2O8. The van der Waals surface area contributed by atoms with Crippen molar-refractivity contribution < 1.29 is 65.2 Å². The smallest absolute Gasteiger partial charge is 0.481 e. The zero-order valence-electron chi connectivity index (χ0n) is 20.6. The molecule has 3 heterocycles. The molecule has 3 rings (SSSR count). The lowest BCUT2D eigenvalue weighted by molar-refractivity contribution is -0.193. The summed E-state index contributed by atoms with van der Waals surface area (Å²) in [5, 5.41) is 24.2. The fourth-order valence-electron chi connectivity index (χ4n) is 4.29. The zero-order chi connectivity index (χ0) is 29.3. The Hall–Kier alpha value is -2.85. The minimum atomic E-state index is -5.08. The third-order valence-corrected chi connectivity index (χ3v) is 6.04. The molecule has 2 saturated heterocycles. The van der Waals surface area contributed by atoms with Gasteiger partial charge in [-0.05, 0) is 38.4 Å². The van der Waals surface area contributed by atoms with Gasteiger partial charge in [0.15, 0.2) is 0 Å². The van der Waals surface area contributed by atoms with Gasteiger partial charge in [-0.3, -0.25) is 14.6 Å². The lowest BCUT2D eigenvalue weighted by atomic mass is 9.75. The Labute approximate surface area is 213 Å². The molecule has 2 aliphatic rings. The first kappa shape index (κ1) is 33.2. The van der Waals surface area contributed by atoms with E-state index in [1.165, 1.54) is 0 Å². The number of rotatable bonds is 6. The molecule has 0 saturated carbocycles. The first-order chi connectivity index (χ1) is 17.4. The van der Waals surface area contributed by atoms with Crippen LogP contribution >= 0.6 is 0 Å². The molecule has 10 nitrogen and oxygen atoms in total. The van der Waals surface area contributed by atoms with Crippen molar-refractivity contribution in [2.75, 3.05) is 46.4 Å². The number of ether oxygens (including phenoxy) is 1. The topological polar surface area (TPSA) is 141 Å². The summed E-state index contributed by atoms with van der Waals surface area (Å²) in [7, 11) is 1.69. The minimum Gasteiger partial charge on any atom is -0.481 e.